The van der Waals surface area contributed by atoms with Crippen molar-refractivity contribution >= 4 is 5.91 Å². The van der Waals surface area contributed by atoms with Crippen LogP contribution >= 0.6 is 0 Å². The van der Waals surface area contributed by atoms with Gasteiger partial charge in [0.15, 0.2) is 0 Å². The molecule has 0 aromatic heterocycles. The number of likely N-dealkylation sites (tertiary alicyclic amines) is 1. The Morgan fingerprint density at radius 3 is 2.74 bits per heavy atom. The monoisotopic (exact) mass is 479 g/mol. The molecule has 190 valence electrons. The smallest absolute Gasteiger partial charge is 0.237 e. The van der Waals surface area contributed by atoms with Gasteiger partial charge < -0.3 is 25.4 Å². The number of carbonyl (C=O) groups is 1. The van der Waals surface area contributed by atoms with Crippen LogP contribution in [-0.4, -0.2) is 54.7 Å². The molecule has 2 aliphatic rings. The standard InChI is InChI=1S/C29H41N3O3/c1-19(2)27(31-28(34)26-14-21-9-10-25(35-5)13-22(21)16-30-26)18-32-12-11-29(4,20(3)17-32)23-7-6-8-24(33)15-23/h6-10,13,15,19-20,26-27,30,33H,11-12,14,16-18H2,1-5H3,(H,31,34). The number of fused-ring (bicyclic) bond motifs is 1. The van der Waals surface area contributed by atoms with Crippen LogP contribution in [0.1, 0.15) is 50.8 Å². The van der Waals surface area contributed by atoms with Crippen LogP contribution in [0.3, 0.4) is 0 Å². The number of hydrogen-bond acceptors (Lipinski definition) is 5. The predicted molar refractivity (Wildman–Crippen MR) is 140 cm³/mol. The highest BCUT2D eigenvalue weighted by Crippen LogP contribution is 2.40. The van der Waals surface area contributed by atoms with E-state index >= 15 is 0 Å². The number of phenols is 1. The Morgan fingerprint density at radius 2 is 2.06 bits per heavy atom. The Balaban J connectivity index is 1.36. The van der Waals surface area contributed by atoms with E-state index in [9.17, 15) is 9.90 Å². The van der Waals surface area contributed by atoms with Crippen LogP contribution in [0.5, 0.6) is 11.5 Å². The molecule has 1 saturated heterocycles. The van der Waals surface area contributed by atoms with Gasteiger partial charge in [0.1, 0.15) is 11.5 Å². The third kappa shape index (κ3) is 5.65. The van der Waals surface area contributed by atoms with Gasteiger partial charge in [-0.05, 0) is 77.6 Å². The molecular weight excluding hydrogens is 438 g/mol. The summed E-state index contributed by atoms with van der Waals surface area (Å²) in [5.74, 6) is 2.05. The lowest BCUT2D eigenvalue weighted by Gasteiger charge is -2.46. The first-order valence-electron chi connectivity index (χ1n) is 12.9. The minimum absolute atomic E-state index is 0.0356. The maximum atomic E-state index is 13.2. The highest BCUT2D eigenvalue weighted by Gasteiger charge is 2.39. The van der Waals surface area contributed by atoms with Crippen molar-refractivity contribution in [2.75, 3.05) is 26.7 Å². The largest absolute Gasteiger partial charge is 0.508 e. The van der Waals surface area contributed by atoms with Crippen LogP contribution in [0.2, 0.25) is 0 Å². The predicted octanol–water partition coefficient (Wildman–Crippen LogP) is 3.86. The lowest BCUT2D eigenvalue weighted by atomic mass is 9.68. The molecule has 6 nitrogen and oxygen atoms in total. The normalized spacial score (nSPS) is 25.7. The van der Waals surface area contributed by atoms with E-state index in [0.29, 0.717) is 30.6 Å². The molecule has 0 spiro atoms. The Hall–Kier alpha value is -2.57. The summed E-state index contributed by atoms with van der Waals surface area (Å²) in [7, 11) is 1.68. The minimum atomic E-state index is -0.216. The molecule has 0 saturated carbocycles. The zero-order valence-corrected chi connectivity index (χ0v) is 21.8. The zero-order chi connectivity index (χ0) is 25.2. The summed E-state index contributed by atoms with van der Waals surface area (Å²) in [5, 5.41) is 16.8. The maximum Gasteiger partial charge on any atom is 0.237 e. The van der Waals surface area contributed by atoms with E-state index in [4.69, 9.17) is 4.74 Å². The number of aromatic hydroxyl groups is 1. The van der Waals surface area contributed by atoms with Gasteiger partial charge >= 0.3 is 0 Å². The molecule has 1 fully saturated rings. The number of rotatable bonds is 7. The van der Waals surface area contributed by atoms with Gasteiger partial charge in [-0.2, -0.15) is 0 Å². The molecule has 2 aliphatic heterocycles. The average Bonchev–Trinajstić information content (AvgIpc) is 2.85. The van der Waals surface area contributed by atoms with Crippen molar-refractivity contribution in [3.8, 4) is 11.5 Å². The Kier molecular flexibility index (Phi) is 7.72. The first-order valence-corrected chi connectivity index (χ1v) is 12.9. The SMILES string of the molecule is COc1ccc2c(c1)CNC(C(=O)NC(CN1CCC(C)(c3cccc(O)c3)C(C)C1)C(C)C)C2. The number of hydrogen-bond donors (Lipinski definition) is 3. The summed E-state index contributed by atoms with van der Waals surface area (Å²) >= 11 is 0. The summed E-state index contributed by atoms with van der Waals surface area (Å²) in [4.78, 5) is 15.7. The van der Waals surface area contributed by atoms with Crippen LogP contribution in [-0.2, 0) is 23.2 Å². The summed E-state index contributed by atoms with van der Waals surface area (Å²) in [5.41, 5.74) is 3.65. The van der Waals surface area contributed by atoms with Crippen LogP contribution in [0.4, 0.5) is 0 Å². The lowest BCUT2D eigenvalue weighted by molar-refractivity contribution is -0.124. The summed E-state index contributed by atoms with van der Waals surface area (Å²) in [6, 6.07) is 13.7. The Morgan fingerprint density at radius 1 is 1.26 bits per heavy atom. The molecular formula is C29H41N3O3. The topological polar surface area (TPSA) is 73.8 Å². The third-order valence-electron chi connectivity index (χ3n) is 8.35. The zero-order valence-electron chi connectivity index (χ0n) is 21.8. The number of piperidine rings is 1. The summed E-state index contributed by atoms with van der Waals surface area (Å²) in [6.07, 6.45) is 1.72. The molecule has 4 unspecified atom stereocenters. The second kappa shape index (κ2) is 10.6. The fraction of sp³-hybridized carbons (Fsp3) is 0.552. The van der Waals surface area contributed by atoms with Gasteiger partial charge in [0.05, 0.1) is 13.2 Å². The molecule has 2 aromatic rings. The van der Waals surface area contributed by atoms with E-state index in [1.165, 1.54) is 16.7 Å². The van der Waals surface area contributed by atoms with Crippen LogP contribution in [0.25, 0.3) is 0 Å². The van der Waals surface area contributed by atoms with Gasteiger partial charge in [0.25, 0.3) is 0 Å². The summed E-state index contributed by atoms with van der Waals surface area (Å²) in [6.45, 7) is 12.5. The van der Waals surface area contributed by atoms with Crippen LogP contribution < -0.4 is 15.4 Å². The van der Waals surface area contributed by atoms with E-state index in [-0.39, 0.29) is 23.4 Å². The van der Waals surface area contributed by atoms with Gasteiger partial charge in [-0.1, -0.05) is 45.9 Å². The molecule has 6 heteroatoms. The molecule has 4 atom stereocenters. The molecule has 0 radical (unpaired) electrons. The van der Waals surface area contributed by atoms with Crippen molar-refractivity contribution in [1.82, 2.24) is 15.5 Å². The molecule has 2 heterocycles. The second-order valence-corrected chi connectivity index (χ2v) is 11.0. The van der Waals surface area contributed by atoms with Crippen molar-refractivity contribution < 1.29 is 14.6 Å². The first-order chi connectivity index (χ1) is 16.7. The number of methoxy groups -OCH3 is 1. The number of phenolic OH excluding ortho intramolecular Hbond substituents is 1. The summed E-state index contributed by atoms with van der Waals surface area (Å²) < 4.78 is 5.33. The van der Waals surface area contributed by atoms with Crippen molar-refractivity contribution in [3.63, 3.8) is 0 Å². The van der Waals surface area contributed by atoms with E-state index in [1.807, 2.05) is 18.2 Å². The van der Waals surface area contributed by atoms with Gasteiger partial charge in [0.2, 0.25) is 5.91 Å². The highest BCUT2D eigenvalue weighted by molar-refractivity contribution is 5.82. The van der Waals surface area contributed by atoms with Crippen LogP contribution in [0, 0.1) is 11.8 Å². The molecule has 0 bridgehead atoms. The van der Waals surface area contributed by atoms with Crippen molar-refractivity contribution in [2.24, 2.45) is 11.8 Å². The number of benzene rings is 2. The van der Waals surface area contributed by atoms with Gasteiger partial charge in [-0.25, -0.2) is 0 Å². The highest BCUT2D eigenvalue weighted by atomic mass is 16.5. The van der Waals surface area contributed by atoms with Crippen molar-refractivity contribution in [3.05, 3.63) is 59.2 Å². The Bertz CT molecular complexity index is 1040. The molecule has 35 heavy (non-hydrogen) atoms. The first kappa shape index (κ1) is 25.5. The van der Waals surface area contributed by atoms with Gasteiger partial charge in [-0.15, -0.1) is 0 Å². The van der Waals surface area contributed by atoms with Crippen molar-refractivity contribution in [2.45, 2.75) is 64.6 Å². The second-order valence-electron chi connectivity index (χ2n) is 11.0. The quantitative estimate of drug-likeness (QED) is 0.563. The van der Waals surface area contributed by atoms with E-state index in [1.54, 1.807) is 13.2 Å². The number of amides is 1. The minimum Gasteiger partial charge on any atom is -0.508 e. The number of nitrogens with zero attached hydrogens (tertiary/aromatic N) is 1. The molecule has 3 N–H and O–H groups in total. The van der Waals surface area contributed by atoms with E-state index in [0.717, 1.165) is 31.8 Å². The molecule has 4 rings (SSSR count). The number of carbonyl (C=O) groups excluding carboxylic acids is 1. The number of ether oxygens (including phenoxy) is 1. The molecule has 2 aromatic carbocycles. The van der Waals surface area contributed by atoms with E-state index < -0.39 is 0 Å². The average molecular weight is 480 g/mol. The molecule has 1 amide bonds. The van der Waals surface area contributed by atoms with Gasteiger partial charge in [0, 0.05) is 25.7 Å². The molecule has 0 aliphatic carbocycles. The maximum absolute atomic E-state index is 13.2. The van der Waals surface area contributed by atoms with Gasteiger partial charge in [-0.3, -0.25) is 4.79 Å². The van der Waals surface area contributed by atoms with Crippen molar-refractivity contribution in [1.29, 1.82) is 0 Å². The Labute approximate surface area is 210 Å². The fourth-order valence-electron chi connectivity index (χ4n) is 5.56. The number of nitrogens with one attached hydrogen (secondary N) is 2. The third-order valence-corrected chi connectivity index (χ3v) is 8.35. The fourth-order valence-corrected chi connectivity index (χ4v) is 5.56. The lowest BCUT2D eigenvalue weighted by Crippen LogP contribution is -2.56. The van der Waals surface area contributed by atoms with E-state index in [2.05, 4.69) is 61.4 Å². The van der Waals surface area contributed by atoms with Crippen LogP contribution in [0.15, 0.2) is 42.5 Å².